The highest BCUT2D eigenvalue weighted by atomic mass is 14.8. The summed E-state index contributed by atoms with van der Waals surface area (Å²) in [5.41, 5.74) is 2.98. The first kappa shape index (κ1) is 18.5. The molecule has 0 rings (SSSR count). The van der Waals surface area contributed by atoms with Crippen LogP contribution in [0.3, 0.4) is 0 Å². The van der Waals surface area contributed by atoms with E-state index < -0.39 is 0 Å². The largest absolute Gasteiger partial charge is 0.316 e. The van der Waals surface area contributed by atoms with Crippen LogP contribution in [0.15, 0.2) is 11.1 Å². The zero-order valence-corrected chi connectivity index (χ0v) is 10.9. The van der Waals surface area contributed by atoms with E-state index in [1.807, 2.05) is 34.7 Å². The fraction of sp³-hybridized carbons (Fsp3) is 0.833. The third-order valence-electron chi connectivity index (χ3n) is 1.70. The molecule has 13 heavy (non-hydrogen) atoms. The van der Waals surface area contributed by atoms with Crippen LogP contribution >= 0.6 is 0 Å². The van der Waals surface area contributed by atoms with Crippen LogP contribution in [0.5, 0.6) is 0 Å². The van der Waals surface area contributed by atoms with Crippen molar-refractivity contribution in [2.24, 2.45) is 0 Å². The Morgan fingerprint density at radius 3 is 1.54 bits per heavy atom. The van der Waals surface area contributed by atoms with Gasteiger partial charge >= 0.3 is 0 Å². The smallest absolute Gasteiger partial charge is 0.0161 e. The molecule has 0 saturated heterocycles. The summed E-state index contributed by atoms with van der Waals surface area (Å²) in [6, 6.07) is 0. The van der Waals surface area contributed by atoms with Crippen LogP contribution < -0.4 is 5.32 Å². The van der Waals surface area contributed by atoms with Crippen LogP contribution in [0.2, 0.25) is 0 Å². The third kappa shape index (κ3) is 14.5. The Morgan fingerprint density at radius 1 is 0.923 bits per heavy atom. The first-order valence-corrected chi connectivity index (χ1v) is 5.52. The highest BCUT2D eigenvalue weighted by molar-refractivity contribution is 5.10. The molecule has 0 radical (unpaired) electrons. The van der Waals surface area contributed by atoms with Crippen molar-refractivity contribution in [1.82, 2.24) is 5.32 Å². The van der Waals surface area contributed by atoms with Gasteiger partial charge in [-0.1, -0.05) is 45.8 Å². The molecule has 0 saturated carbocycles. The van der Waals surface area contributed by atoms with Gasteiger partial charge in [0.25, 0.3) is 0 Å². The second-order valence-corrected chi connectivity index (χ2v) is 2.44. The number of hydrogen-bond donors (Lipinski definition) is 1. The summed E-state index contributed by atoms with van der Waals surface area (Å²) in [6.07, 6.45) is 1.17. The molecule has 0 fully saturated rings. The van der Waals surface area contributed by atoms with E-state index in [-0.39, 0.29) is 0 Å². The molecule has 0 aliphatic carbocycles. The zero-order valence-electron chi connectivity index (χ0n) is 10.9. The van der Waals surface area contributed by atoms with Crippen molar-refractivity contribution in [2.45, 2.75) is 54.9 Å². The van der Waals surface area contributed by atoms with Gasteiger partial charge in [0.2, 0.25) is 0 Å². The average Bonchev–Trinajstić information content (AvgIpc) is 2.23. The van der Waals surface area contributed by atoms with Gasteiger partial charge in [-0.2, -0.15) is 0 Å². The van der Waals surface area contributed by atoms with Gasteiger partial charge in [-0.25, -0.2) is 0 Å². The third-order valence-corrected chi connectivity index (χ3v) is 1.70. The van der Waals surface area contributed by atoms with Crippen LogP contribution in [0, 0.1) is 0 Å². The molecule has 0 aromatic rings. The SMILES string of the molecule is CC.CC.CC/C(C)=C(/C)CNC. The number of rotatable bonds is 3. The van der Waals surface area contributed by atoms with Crippen LogP contribution in [0.4, 0.5) is 0 Å². The Kier molecular flexibility index (Phi) is 25.2. The second kappa shape index (κ2) is 17.7. The average molecular weight is 187 g/mol. The van der Waals surface area contributed by atoms with E-state index in [2.05, 4.69) is 26.1 Å². The molecule has 0 aromatic carbocycles. The molecule has 0 aromatic heterocycles. The number of allylic oxidation sites excluding steroid dienone is 1. The summed E-state index contributed by atoms with van der Waals surface area (Å²) in [5.74, 6) is 0. The van der Waals surface area contributed by atoms with Crippen LogP contribution in [0.25, 0.3) is 0 Å². The van der Waals surface area contributed by atoms with E-state index in [0.717, 1.165) is 6.54 Å². The highest BCUT2D eigenvalue weighted by Crippen LogP contribution is 2.04. The molecule has 0 aliphatic rings. The minimum atomic E-state index is 1.03. The summed E-state index contributed by atoms with van der Waals surface area (Å²) in [5, 5.41) is 3.12. The Bertz CT molecular complexity index is 104. The number of likely N-dealkylation sites (N-methyl/N-ethyl adjacent to an activating group) is 1. The summed E-state index contributed by atoms with van der Waals surface area (Å²) >= 11 is 0. The van der Waals surface area contributed by atoms with Gasteiger partial charge in [-0.3, -0.25) is 0 Å². The van der Waals surface area contributed by atoms with Gasteiger partial charge in [0, 0.05) is 6.54 Å². The molecule has 1 N–H and O–H groups in total. The van der Waals surface area contributed by atoms with E-state index in [9.17, 15) is 0 Å². The molecule has 0 amide bonds. The first-order valence-electron chi connectivity index (χ1n) is 5.52. The van der Waals surface area contributed by atoms with Crippen LogP contribution in [0.1, 0.15) is 54.9 Å². The second-order valence-electron chi connectivity index (χ2n) is 2.44. The normalized spacial score (nSPS) is 10.2. The van der Waals surface area contributed by atoms with Crippen LogP contribution in [-0.4, -0.2) is 13.6 Å². The van der Waals surface area contributed by atoms with Crippen molar-refractivity contribution >= 4 is 0 Å². The molecule has 0 atom stereocenters. The minimum absolute atomic E-state index is 1.03. The van der Waals surface area contributed by atoms with Crippen molar-refractivity contribution in [3.8, 4) is 0 Å². The molecule has 0 unspecified atom stereocenters. The van der Waals surface area contributed by atoms with Crippen molar-refractivity contribution in [2.75, 3.05) is 13.6 Å². The molecular weight excluding hydrogens is 158 g/mol. The van der Waals surface area contributed by atoms with Crippen molar-refractivity contribution in [1.29, 1.82) is 0 Å². The molecule has 0 bridgehead atoms. The molecule has 82 valence electrons. The number of hydrogen-bond acceptors (Lipinski definition) is 1. The number of nitrogens with one attached hydrogen (secondary N) is 1. The quantitative estimate of drug-likeness (QED) is 0.658. The van der Waals surface area contributed by atoms with E-state index in [1.54, 1.807) is 0 Å². The van der Waals surface area contributed by atoms with E-state index in [0.29, 0.717) is 0 Å². The zero-order chi connectivity index (χ0) is 11.3. The maximum Gasteiger partial charge on any atom is 0.0161 e. The highest BCUT2D eigenvalue weighted by Gasteiger charge is 1.90. The Labute approximate surface area is 85.6 Å². The minimum Gasteiger partial charge on any atom is -0.316 e. The Balaban J connectivity index is -0.000000218. The van der Waals surface area contributed by atoms with E-state index in [4.69, 9.17) is 0 Å². The van der Waals surface area contributed by atoms with Gasteiger partial charge < -0.3 is 5.32 Å². The standard InChI is InChI=1S/C8H17N.2C2H6/c1-5-7(2)8(3)6-9-4;2*1-2/h9H,5-6H2,1-4H3;2*1-2H3/b8-7-;;. The lowest BCUT2D eigenvalue weighted by molar-refractivity contribution is 0.857. The van der Waals surface area contributed by atoms with Gasteiger partial charge in [0.05, 0.1) is 0 Å². The lowest BCUT2D eigenvalue weighted by atomic mass is 10.1. The van der Waals surface area contributed by atoms with E-state index in [1.165, 1.54) is 17.6 Å². The fourth-order valence-corrected chi connectivity index (χ4v) is 0.718. The Hall–Kier alpha value is -0.300. The molecule has 1 heteroatoms. The van der Waals surface area contributed by atoms with Gasteiger partial charge in [-0.15, -0.1) is 0 Å². The predicted octanol–water partition coefficient (Wildman–Crippen LogP) is 4.00. The maximum atomic E-state index is 3.12. The molecule has 0 spiro atoms. The van der Waals surface area contributed by atoms with Gasteiger partial charge in [0.1, 0.15) is 0 Å². The molecular formula is C12H29N. The van der Waals surface area contributed by atoms with Crippen molar-refractivity contribution in [3.63, 3.8) is 0 Å². The summed E-state index contributed by atoms with van der Waals surface area (Å²) < 4.78 is 0. The fourth-order valence-electron chi connectivity index (χ4n) is 0.718. The maximum absolute atomic E-state index is 3.12. The lowest BCUT2D eigenvalue weighted by Gasteiger charge is -2.03. The van der Waals surface area contributed by atoms with Crippen molar-refractivity contribution in [3.05, 3.63) is 11.1 Å². The topological polar surface area (TPSA) is 12.0 Å². The molecule has 1 nitrogen and oxygen atoms in total. The summed E-state index contributed by atoms with van der Waals surface area (Å²) in [7, 11) is 1.98. The summed E-state index contributed by atoms with van der Waals surface area (Å²) in [4.78, 5) is 0. The first-order chi connectivity index (χ1) is 6.22. The molecule has 0 aliphatic heterocycles. The van der Waals surface area contributed by atoms with Gasteiger partial charge in [0.15, 0.2) is 0 Å². The lowest BCUT2D eigenvalue weighted by Crippen LogP contribution is -2.09. The predicted molar refractivity (Wildman–Crippen MR) is 65.3 cm³/mol. The van der Waals surface area contributed by atoms with Gasteiger partial charge in [-0.05, 0) is 27.3 Å². The van der Waals surface area contributed by atoms with Crippen molar-refractivity contribution < 1.29 is 0 Å². The van der Waals surface area contributed by atoms with Crippen LogP contribution in [-0.2, 0) is 0 Å². The summed E-state index contributed by atoms with van der Waals surface area (Å²) in [6.45, 7) is 15.6. The van der Waals surface area contributed by atoms with E-state index >= 15 is 0 Å². The monoisotopic (exact) mass is 187 g/mol. The Morgan fingerprint density at radius 2 is 1.31 bits per heavy atom. The molecule has 0 heterocycles.